The SMILES string of the molecule is CCCNc1ncnc(N(C)CC2CCCC2)c1Br. The molecule has 1 aromatic rings. The number of hydrogen-bond acceptors (Lipinski definition) is 4. The van der Waals surface area contributed by atoms with Gasteiger partial charge in [-0.2, -0.15) is 0 Å². The molecule has 4 nitrogen and oxygen atoms in total. The molecule has 0 unspecified atom stereocenters. The first-order valence-electron chi connectivity index (χ1n) is 7.18. The van der Waals surface area contributed by atoms with Gasteiger partial charge in [-0.05, 0) is 41.1 Å². The number of halogens is 1. The summed E-state index contributed by atoms with van der Waals surface area (Å²) in [6.07, 6.45) is 8.20. The Morgan fingerprint density at radius 1 is 1.37 bits per heavy atom. The van der Waals surface area contributed by atoms with Crippen LogP contribution in [-0.4, -0.2) is 30.1 Å². The number of aromatic nitrogens is 2. The van der Waals surface area contributed by atoms with Crippen molar-refractivity contribution < 1.29 is 0 Å². The average molecular weight is 327 g/mol. The summed E-state index contributed by atoms with van der Waals surface area (Å²) in [4.78, 5) is 11.0. The molecule has 19 heavy (non-hydrogen) atoms. The van der Waals surface area contributed by atoms with Gasteiger partial charge in [0.25, 0.3) is 0 Å². The summed E-state index contributed by atoms with van der Waals surface area (Å²) in [5, 5.41) is 3.33. The van der Waals surface area contributed by atoms with E-state index in [9.17, 15) is 0 Å². The van der Waals surface area contributed by atoms with Gasteiger partial charge in [0.15, 0.2) is 0 Å². The molecule has 1 N–H and O–H groups in total. The first-order chi connectivity index (χ1) is 9.22. The molecule has 0 atom stereocenters. The lowest BCUT2D eigenvalue weighted by molar-refractivity contribution is 0.544. The Balaban J connectivity index is 2.05. The van der Waals surface area contributed by atoms with Gasteiger partial charge in [-0.1, -0.05) is 19.8 Å². The van der Waals surface area contributed by atoms with Crippen LogP contribution in [0.25, 0.3) is 0 Å². The van der Waals surface area contributed by atoms with Crippen LogP contribution in [0.4, 0.5) is 11.6 Å². The van der Waals surface area contributed by atoms with Crippen molar-refractivity contribution >= 4 is 27.6 Å². The number of rotatable bonds is 6. The molecule has 1 heterocycles. The molecule has 1 fully saturated rings. The van der Waals surface area contributed by atoms with E-state index in [0.29, 0.717) is 0 Å². The van der Waals surface area contributed by atoms with Crippen LogP contribution in [0.1, 0.15) is 39.0 Å². The van der Waals surface area contributed by atoms with Gasteiger partial charge in [-0.25, -0.2) is 9.97 Å². The first kappa shape index (κ1) is 14.6. The van der Waals surface area contributed by atoms with Gasteiger partial charge in [0.05, 0.1) is 0 Å². The molecular formula is C14H23BrN4. The molecule has 0 bridgehead atoms. The second-order valence-corrected chi connectivity index (χ2v) is 6.11. The minimum atomic E-state index is 0.818. The molecule has 0 aromatic carbocycles. The maximum atomic E-state index is 4.42. The molecule has 1 aliphatic rings. The fourth-order valence-corrected chi connectivity index (χ4v) is 3.31. The lowest BCUT2D eigenvalue weighted by atomic mass is 10.1. The van der Waals surface area contributed by atoms with E-state index in [1.54, 1.807) is 6.33 Å². The van der Waals surface area contributed by atoms with Crippen molar-refractivity contribution in [1.29, 1.82) is 0 Å². The molecule has 2 rings (SSSR count). The highest BCUT2D eigenvalue weighted by atomic mass is 79.9. The third kappa shape index (κ3) is 3.81. The lowest BCUT2D eigenvalue weighted by Crippen LogP contribution is -2.25. The van der Waals surface area contributed by atoms with Crippen LogP contribution >= 0.6 is 15.9 Å². The molecule has 1 aromatic heterocycles. The molecule has 0 saturated heterocycles. The maximum Gasteiger partial charge on any atom is 0.148 e. The van der Waals surface area contributed by atoms with E-state index in [1.165, 1.54) is 25.7 Å². The normalized spacial score (nSPS) is 15.7. The zero-order valence-corrected chi connectivity index (χ0v) is 13.4. The predicted molar refractivity (Wildman–Crippen MR) is 83.7 cm³/mol. The van der Waals surface area contributed by atoms with Gasteiger partial charge >= 0.3 is 0 Å². The summed E-state index contributed by atoms with van der Waals surface area (Å²) in [6, 6.07) is 0. The van der Waals surface area contributed by atoms with Crippen LogP contribution in [0.2, 0.25) is 0 Å². The number of nitrogens with one attached hydrogen (secondary N) is 1. The lowest BCUT2D eigenvalue weighted by Gasteiger charge is -2.23. The van der Waals surface area contributed by atoms with Crippen LogP contribution in [0.15, 0.2) is 10.8 Å². The van der Waals surface area contributed by atoms with E-state index in [0.717, 1.165) is 41.5 Å². The van der Waals surface area contributed by atoms with Gasteiger partial charge < -0.3 is 10.2 Å². The summed E-state index contributed by atoms with van der Waals surface area (Å²) >= 11 is 3.63. The average Bonchev–Trinajstić information content (AvgIpc) is 2.90. The van der Waals surface area contributed by atoms with Crippen molar-refractivity contribution in [3.8, 4) is 0 Å². The standard InChI is InChI=1S/C14H23BrN4/c1-3-8-16-13-12(15)14(18-10-17-13)19(2)9-11-6-4-5-7-11/h10-11H,3-9H2,1-2H3,(H,16,17,18). The minimum absolute atomic E-state index is 0.818. The quantitative estimate of drug-likeness (QED) is 0.865. The zero-order chi connectivity index (χ0) is 13.7. The second-order valence-electron chi connectivity index (χ2n) is 5.32. The van der Waals surface area contributed by atoms with Crippen molar-refractivity contribution in [3.63, 3.8) is 0 Å². The van der Waals surface area contributed by atoms with Crippen LogP contribution in [0, 0.1) is 5.92 Å². The molecule has 0 spiro atoms. The molecule has 1 aliphatic carbocycles. The van der Waals surface area contributed by atoms with E-state index in [2.05, 4.69) is 50.1 Å². The Bertz CT molecular complexity index is 404. The van der Waals surface area contributed by atoms with E-state index in [-0.39, 0.29) is 0 Å². The van der Waals surface area contributed by atoms with Crippen molar-refractivity contribution in [2.45, 2.75) is 39.0 Å². The zero-order valence-electron chi connectivity index (χ0n) is 11.8. The van der Waals surface area contributed by atoms with Gasteiger partial charge in [-0.15, -0.1) is 0 Å². The highest BCUT2D eigenvalue weighted by molar-refractivity contribution is 9.10. The second kappa shape index (κ2) is 7.08. The third-order valence-corrected chi connectivity index (χ3v) is 4.41. The van der Waals surface area contributed by atoms with Crippen molar-refractivity contribution in [2.75, 3.05) is 30.4 Å². The topological polar surface area (TPSA) is 41.1 Å². The monoisotopic (exact) mass is 326 g/mol. The fourth-order valence-electron chi connectivity index (χ4n) is 2.66. The Labute approximate surface area is 124 Å². The highest BCUT2D eigenvalue weighted by Crippen LogP contribution is 2.31. The molecular weight excluding hydrogens is 304 g/mol. The van der Waals surface area contributed by atoms with Crippen molar-refractivity contribution in [3.05, 3.63) is 10.8 Å². The molecule has 106 valence electrons. The number of anilines is 2. The van der Waals surface area contributed by atoms with Crippen LogP contribution < -0.4 is 10.2 Å². The first-order valence-corrected chi connectivity index (χ1v) is 7.97. The van der Waals surface area contributed by atoms with Gasteiger partial charge in [-0.3, -0.25) is 0 Å². The smallest absolute Gasteiger partial charge is 0.148 e. The molecule has 5 heteroatoms. The molecule has 0 amide bonds. The summed E-state index contributed by atoms with van der Waals surface area (Å²) in [5.41, 5.74) is 0. The number of nitrogens with zero attached hydrogens (tertiary/aromatic N) is 3. The van der Waals surface area contributed by atoms with E-state index < -0.39 is 0 Å². The largest absolute Gasteiger partial charge is 0.369 e. The maximum absolute atomic E-state index is 4.42. The third-order valence-electron chi connectivity index (χ3n) is 3.68. The molecule has 0 aliphatic heterocycles. The molecule has 0 radical (unpaired) electrons. The number of hydrogen-bond donors (Lipinski definition) is 1. The van der Waals surface area contributed by atoms with Crippen molar-refractivity contribution in [2.24, 2.45) is 5.92 Å². The van der Waals surface area contributed by atoms with E-state index >= 15 is 0 Å². The summed E-state index contributed by atoms with van der Waals surface area (Å²) in [7, 11) is 2.12. The summed E-state index contributed by atoms with van der Waals surface area (Å²) < 4.78 is 0.976. The van der Waals surface area contributed by atoms with Gasteiger partial charge in [0.1, 0.15) is 22.4 Å². The van der Waals surface area contributed by atoms with Gasteiger partial charge in [0, 0.05) is 20.1 Å². The Kier molecular flexibility index (Phi) is 5.43. The van der Waals surface area contributed by atoms with E-state index in [4.69, 9.17) is 0 Å². The Morgan fingerprint density at radius 2 is 2.11 bits per heavy atom. The Morgan fingerprint density at radius 3 is 2.79 bits per heavy atom. The highest BCUT2D eigenvalue weighted by Gasteiger charge is 2.19. The van der Waals surface area contributed by atoms with Gasteiger partial charge in [0.2, 0.25) is 0 Å². The minimum Gasteiger partial charge on any atom is -0.369 e. The van der Waals surface area contributed by atoms with Crippen LogP contribution in [0.5, 0.6) is 0 Å². The Hall–Kier alpha value is -0.840. The van der Waals surface area contributed by atoms with E-state index in [1.807, 2.05) is 0 Å². The van der Waals surface area contributed by atoms with Crippen LogP contribution in [-0.2, 0) is 0 Å². The molecule has 1 saturated carbocycles. The van der Waals surface area contributed by atoms with Crippen molar-refractivity contribution in [1.82, 2.24) is 9.97 Å². The fraction of sp³-hybridized carbons (Fsp3) is 0.714. The van der Waals surface area contributed by atoms with Crippen LogP contribution in [0.3, 0.4) is 0 Å². The predicted octanol–water partition coefficient (Wildman–Crippen LogP) is 3.69. The summed E-state index contributed by atoms with van der Waals surface area (Å²) in [6.45, 7) is 4.17. The summed E-state index contributed by atoms with van der Waals surface area (Å²) in [5.74, 6) is 2.70.